The molecule has 0 aliphatic heterocycles. The average Bonchev–Trinajstić information content (AvgIpc) is 3.26. The van der Waals surface area contributed by atoms with Crippen LogP contribution in [0.4, 0.5) is 23.7 Å². The van der Waals surface area contributed by atoms with E-state index in [9.17, 15) is 22.8 Å². The molecular formula is C22H15F3N2O4. The molecule has 4 aromatic rings. The van der Waals surface area contributed by atoms with Gasteiger partial charge in [0.25, 0.3) is 5.56 Å². The number of alkyl halides is 3. The number of ether oxygens (including phenoxy) is 1. The molecule has 31 heavy (non-hydrogen) atoms. The fourth-order valence-corrected chi connectivity index (χ4v) is 3.13. The predicted octanol–water partition coefficient (Wildman–Crippen LogP) is 5.56. The lowest BCUT2D eigenvalue weighted by Crippen LogP contribution is -2.14. The second kappa shape index (κ2) is 8.02. The molecule has 1 amide bonds. The van der Waals surface area contributed by atoms with E-state index >= 15 is 0 Å². The first-order chi connectivity index (χ1) is 14.8. The van der Waals surface area contributed by atoms with E-state index in [1.54, 1.807) is 6.07 Å². The van der Waals surface area contributed by atoms with Gasteiger partial charge in [0.1, 0.15) is 6.61 Å². The lowest BCUT2D eigenvalue weighted by atomic mass is 10.0. The van der Waals surface area contributed by atoms with Crippen LogP contribution in [0.25, 0.3) is 22.0 Å². The molecule has 0 bridgehead atoms. The lowest BCUT2D eigenvalue weighted by Gasteiger charge is -2.13. The molecule has 0 fully saturated rings. The second-order valence-corrected chi connectivity index (χ2v) is 6.69. The molecule has 2 N–H and O–H groups in total. The molecule has 2 aromatic heterocycles. The van der Waals surface area contributed by atoms with Gasteiger partial charge >= 0.3 is 12.3 Å². The topological polar surface area (TPSA) is 84.3 Å². The molecule has 0 saturated carbocycles. The van der Waals surface area contributed by atoms with Crippen molar-refractivity contribution in [1.82, 2.24) is 4.98 Å². The molecule has 2 aromatic carbocycles. The molecule has 0 radical (unpaired) electrons. The Hall–Kier alpha value is -4.01. The summed E-state index contributed by atoms with van der Waals surface area (Å²) in [6.07, 6.45) is -2.40. The quantitative estimate of drug-likeness (QED) is 0.446. The predicted molar refractivity (Wildman–Crippen MR) is 108 cm³/mol. The minimum atomic E-state index is -4.56. The number of benzene rings is 2. The minimum absolute atomic E-state index is 0.0124. The van der Waals surface area contributed by atoms with Crippen molar-refractivity contribution in [2.24, 2.45) is 0 Å². The largest absolute Gasteiger partial charge is 0.472 e. The third-order valence-corrected chi connectivity index (χ3v) is 4.57. The molecule has 0 spiro atoms. The average molecular weight is 428 g/mol. The first kappa shape index (κ1) is 20.3. The molecule has 0 unspecified atom stereocenters. The number of halogens is 3. The van der Waals surface area contributed by atoms with Crippen molar-refractivity contribution in [2.75, 3.05) is 5.32 Å². The smallest absolute Gasteiger partial charge is 0.417 e. The van der Waals surface area contributed by atoms with Gasteiger partial charge in [-0.25, -0.2) is 4.79 Å². The van der Waals surface area contributed by atoms with Crippen molar-refractivity contribution in [2.45, 2.75) is 12.8 Å². The first-order valence-electron chi connectivity index (χ1n) is 9.10. The number of H-pyrrole nitrogens is 1. The fraction of sp³-hybridized carbons (Fsp3) is 0.0909. The van der Waals surface area contributed by atoms with Crippen LogP contribution in [0.3, 0.4) is 0 Å². The van der Waals surface area contributed by atoms with E-state index in [1.807, 2.05) is 0 Å². The zero-order valence-corrected chi connectivity index (χ0v) is 15.8. The molecule has 6 nitrogen and oxygen atoms in total. The van der Waals surface area contributed by atoms with Gasteiger partial charge in [0.15, 0.2) is 0 Å². The third kappa shape index (κ3) is 4.45. The Balaban J connectivity index is 1.60. The Morgan fingerprint density at radius 1 is 1.10 bits per heavy atom. The van der Waals surface area contributed by atoms with Crippen molar-refractivity contribution in [3.63, 3.8) is 0 Å². The van der Waals surface area contributed by atoms with Crippen LogP contribution in [0.2, 0.25) is 0 Å². The van der Waals surface area contributed by atoms with Crippen LogP contribution in [0.5, 0.6) is 0 Å². The first-order valence-corrected chi connectivity index (χ1v) is 9.10. The standard InChI is InChI=1S/C22H15F3N2O4/c23-22(24,25)18-4-2-1-3-16(18)19-9-14-5-6-15(10-17(14)20(28)27-19)26-21(29)31-12-13-7-8-30-11-13/h1-11H,12H2,(H,26,29)(H,27,28). The summed E-state index contributed by atoms with van der Waals surface area (Å²) < 4.78 is 49.9. The highest BCUT2D eigenvalue weighted by Gasteiger charge is 2.33. The normalized spacial score (nSPS) is 11.5. The van der Waals surface area contributed by atoms with E-state index in [0.717, 1.165) is 6.07 Å². The van der Waals surface area contributed by atoms with Crippen LogP contribution in [0.1, 0.15) is 11.1 Å². The number of rotatable bonds is 4. The molecule has 0 aliphatic rings. The van der Waals surface area contributed by atoms with Crippen LogP contribution in [-0.4, -0.2) is 11.1 Å². The number of carbonyl (C=O) groups is 1. The number of amides is 1. The van der Waals surface area contributed by atoms with E-state index in [-0.39, 0.29) is 23.3 Å². The number of hydrogen-bond acceptors (Lipinski definition) is 4. The van der Waals surface area contributed by atoms with Crippen molar-refractivity contribution < 1.29 is 27.1 Å². The van der Waals surface area contributed by atoms with Crippen molar-refractivity contribution in [1.29, 1.82) is 0 Å². The van der Waals surface area contributed by atoms with Gasteiger partial charge in [-0.05, 0) is 35.7 Å². The van der Waals surface area contributed by atoms with E-state index in [0.29, 0.717) is 16.6 Å². The molecule has 9 heteroatoms. The number of anilines is 1. The number of nitrogens with one attached hydrogen (secondary N) is 2. The summed E-state index contributed by atoms with van der Waals surface area (Å²) in [5, 5.41) is 3.14. The minimum Gasteiger partial charge on any atom is -0.472 e. The number of furan rings is 1. The summed E-state index contributed by atoms with van der Waals surface area (Å²) in [6, 6.07) is 12.6. The number of aromatic nitrogens is 1. The monoisotopic (exact) mass is 428 g/mol. The van der Waals surface area contributed by atoms with E-state index in [4.69, 9.17) is 9.15 Å². The lowest BCUT2D eigenvalue weighted by molar-refractivity contribution is -0.137. The van der Waals surface area contributed by atoms with E-state index < -0.39 is 23.4 Å². The third-order valence-electron chi connectivity index (χ3n) is 4.57. The van der Waals surface area contributed by atoms with Gasteiger partial charge in [-0.2, -0.15) is 13.2 Å². The number of hydrogen-bond donors (Lipinski definition) is 2. The summed E-state index contributed by atoms with van der Waals surface area (Å²) in [5.41, 5.74) is -0.524. The summed E-state index contributed by atoms with van der Waals surface area (Å²) in [7, 11) is 0. The van der Waals surface area contributed by atoms with Crippen molar-refractivity contribution >= 4 is 22.6 Å². The van der Waals surface area contributed by atoms with Gasteiger partial charge in [0.05, 0.1) is 18.1 Å². The summed E-state index contributed by atoms with van der Waals surface area (Å²) in [4.78, 5) is 27.0. The van der Waals surface area contributed by atoms with Gasteiger partial charge in [0, 0.05) is 27.9 Å². The molecule has 158 valence electrons. The van der Waals surface area contributed by atoms with Gasteiger partial charge in [-0.1, -0.05) is 24.3 Å². The SMILES string of the molecule is O=C(Nc1ccc2cc(-c3ccccc3C(F)(F)F)[nH]c(=O)c2c1)OCc1ccoc1. The van der Waals surface area contributed by atoms with Crippen LogP contribution < -0.4 is 10.9 Å². The van der Waals surface area contributed by atoms with Crippen molar-refractivity contribution in [3.05, 3.63) is 88.6 Å². The maximum Gasteiger partial charge on any atom is 0.417 e. The second-order valence-electron chi connectivity index (χ2n) is 6.69. The van der Waals surface area contributed by atoms with Crippen LogP contribution in [-0.2, 0) is 17.5 Å². The van der Waals surface area contributed by atoms with Crippen LogP contribution >= 0.6 is 0 Å². The Morgan fingerprint density at radius 3 is 2.65 bits per heavy atom. The van der Waals surface area contributed by atoms with Crippen LogP contribution in [0, 0.1) is 0 Å². The molecular weight excluding hydrogens is 413 g/mol. The number of pyridine rings is 1. The van der Waals surface area contributed by atoms with E-state index in [1.165, 1.54) is 55.0 Å². The Labute approximate surface area is 173 Å². The zero-order chi connectivity index (χ0) is 22.0. The van der Waals surface area contributed by atoms with Gasteiger partial charge < -0.3 is 14.1 Å². The van der Waals surface area contributed by atoms with Gasteiger partial charge in [-0.15, -0.1) is 0 Å². The van der Waals surface area contributed by atoms with E-state index in [2.05, 4.69) is 10.3 Å². The van der Waals surface area contributed by atoms with Gasteiger partial charge in [-0.3, -0.25) is 10.1 Å². The summed E-state index contributed by atoms with van der Waals surface area (Å²) in [6.45, 7) is 0.0124. The number of fused-ring (bicyclic) bond motifs is 1. The molecule has 0 saturated heterocycles. The maximum atomic E-state index is 13.3. The summed E-state index contributed by atoms with van der Waals surface area (Å²) in [5.74, 6) is 0. The van der Waals surface area contributed by atoms with Crippen molar-refractivity contribution in [3.8, 4) is 11.3 Å². The highest BCUT2D eigenvalue weighted by Crippen LogP contribution is 2.36. The molecule has 0 atom stereocenters. The summed E-state index contributed by atoms with van der Waals surface area (Å²) >= 11 is 0. The fourth-order valence-electron chi connectivity index (χ4n) is 3.13. The Kier molecular flexibility index (Phi) is 5.24. The highest BCUT2D eigenvalue weighted by molar-refractivity contribution is 5.92. The molecule has 0 aliphatic carbocycles. The Morgan fingerprint density at radius 2 is 1.90 bits per heavy atom. The number of carbonyl (C=O) groups excluding carboxylic acids is 1. The van der Waals surface area contributed by atoms with Gasteiger partial charge in [0.2, 0.25) is 0 Å². The zero-order valence-electron chi connectivity index (χ0n) is 15.8. The molecule has 2 heterocycles. The molecule has 4 rings (SSSR count). The number of aromatic amines is 1. The highest BCUT2D eigenvalue weighted by atomic mass is 19.4. The Bertz CT molecular complexity index is 1290. The maximum absolute atomic E-state index is 13.3. The van der Waals surface area contributed by atoms with Crippen LogP contribution in [0.15, 0.2) is 76.3 Å².